The molecule has 5 rings (SSSR count). The van der Waals surface area contributed by atoms with Gasteiger partial charge in [0.2, 0.25) is 0 Å². The molecule has 1 saturated heterocycles. The molecule has 0 bridgehead atoms. The van der Waals surface area contributed by atoms with Crippen molar-refractivity contribution in [3.8, 4) is 5.75 Å². The molecule has 0 spiro atoms. The van der Waals surface area contributed by atoms with E-state index >= 15 is 0 Å². The summed E-state index contributed by atoms with van der Waals surface area (Å²) in [7, 11) is 1.61. The van der Waals surface area contributed by atoms with Crippen LogP contribution in [0.2, 0.25) is 0 Å². The molecule has 7 nitrogen and oxygen atoms in total. The standard InChI is InChI=1S/C27H24BrN3O4/c1-17-6-5-7-18(16-17)24-23(21-8-3-4-9-22(21)34-2)25(26(32)30-14-15-35-27(30)33)31(29-24)20-12-10-19(28)11-13-20/h3-13,16,23,25H,14-15H2,1-2H3/t23-,25-/m1/s1. The maximum atomic E-state index is 14.0. The molecule has 2 heterocycles. The minimum absolute atomic E-state index is 0.181. The first kappa shape index (κ1) is 23.1. The molecule has 0 aromatic heterocycles. The Morgan fingerprint density at radius 2 is 1.86 bits per heavy atom. The number of hydrogen-bond acceptors (Lipinski definition) is 6. The van der Waals surface area contributed by atoms with Crippen molar-refractivity contribution in [3.63, 3.8) is 0 Å². The van der Waals surface area contributed by atoms with Crippen LogP contribution in [0.4, 0.5) is 10.5 Å². The molecule has 0 aliphatic carbocycles. The number of hydrogen-bond donors (Lipinski definition) is 0. The second kappa shape index (κ2) is 9.54. The molecule has 2 aliphatic rings. The number of cyclic esters (lactones) is 1. The van der Waals surface area contributed by atoms with Crippen molar-refractivity contribution >= 4 is 39.3 Å². The molecule has 1 fully saturated rings. The maximum absolute atomic E-state index is 14.0. The number of halogens is 1. The van der Waals surface area contributed by atoms with Gasteiger partial charge in [-0.15, -0.1) is 0 Å². The van der Waals surface area contributed by atoms with Gasteiger partial charge in [-0.1, -0.05) is 64.0 Å². The average Bonchev–Trinajstić information content (AvgIpc) is 3.48. The molecule has 35 heavy (non-hydrogen) atoms. The number of methoxy groups -OCH3 is 1. The van der Waals surface area contributed by atoms with E-state index in [1.54, 1.807) is 12.1 Å². The summed E-state index contributed by atoms with van der Waals surface area (Å²) in [5, 5.41) is 6.73. The summed E-state index contributed by atoms with van der Waals surface area (Å²) in [4.78, 5) is 27.6. The lowest BCUT2D eigenvalue weighted by atomic mass is 9.83. The fraction of sp³-hybridized carbons (Fsp3) is 0.222. The van der Waals surface area contributed by atoms with Crippen LogP contribution < -0.4 is 9.75 Å². The first-order valence-corrected chi connectivity index (χ1v) is 12.1. The van der Waals surface area contributed by atoms with Crippen molar-refractivity contribution in [1.82, 2.24) is 4.90 Å². The largest absolute Gasteiger partial charge is 0.496 e. The van der Waals surface area contributed by atoms with E-state index in [0.29, 0.717) is 5.75 Å². The zero-order valence-corrected chi connectivity index (χ0v) is 20.9. The second-order valence-electron chi connectivity index (χ2n) is 8.44. The van der Waals surface area contributed by atoms with Crippen LogP contribution in [0.15, 0.2) is 82.4 Å². The molecular formula is C27H24BrN3O4. The van der Waals surface area contributed by atoms with E-state index in [1.165, 1.54) is 4.90 Å². The molecule has 2 amide bonds. The third-order valence-electron chi connectivity index (χ3n) is 6.25. The lowest BCUT2D eigenvalue weighted by Crippen LogP contribution is -2.48. The molecular weight excluding hydrogens is 510 g/mol. The summed E-state index contributed by atoms with van der Waals surface area (Å²) in [5.41, 5.74) is 4.27. The third-order valence-corrected chi connectivity index (χ3v) is 6.78. The third kappa shape index (κ3) is 4.30. The number of nitrogens with zero attached hydrogens (tertiary/aromatic N) is 3. The Kier molecular flexibility index (Phi) is 6.30. The van der Waals surface area contributed by atoms with Crippen molar-refractivity contribution in [2.75, 3.05) is 25.3 Å². The highest BCUT2D eigenvalue weighted by atomic mass is 79.9. The lowest BCUT2D eigenvalue weighted by molar-refractivity contribution is -0.129. The van der Waals surface area contributed by atoms with Crippen molar-refractivity contribution in [2.24, 2.45) is 5.10 Å². The van der Waals surface area contributed by atoms with Crippen molar-refractivity contribution in [3.05, 3.63) is 94.0 Å². The second-order valence-corrected chi connectivity index (χ2v) is 9.36. The summed E-state index contributed by atoms with van der Waals surface area (Å²) in [6.45, 7) is 2.41. The zero-order chi connectivity index (χ0) is 24.5. The normalized spacial score (nSPS) is 19.5. The lowest BCUT2D eigenvalue weighted by Gasteiger charge is -2.30. The maximum Gasteiger partial charge on any atom is 0.416 e. The molecule has 8 heteroatoms. The summed E-state index contributed by atoms with van der Waals surface area (Å²) in [6, 6.07) is 22.5. The number of carbonyl (C=O) groups is 2. The van der Waals surface area contributed by atoms with Gasteiger partial charge in [-0.3, -0.25) is 9.80 Å². The quantitative estimate of drug-likeness (QED) is 0.455. The Morgan fingerprint density at radius 3 is 2.54 bits per heavy atom. The summed E-state index contributed by atoms with van der Waals surface area (Å²) < 4.78 is 11.7. The van der Waals surface area contributed by atoms with Gasteiger partial charge in [-0.25, -0.2) is 9.69 Å². The number of para-hydroxylation sites is 1. The number of carbonyl (C=O) groups excluding carboxylic acids is 2. The van der Waals surface area contributed by atoms with Gasteiger partial charge in [0.15, 0.2) is 0 Å². The number of imide groups is 1. The molecule has 0 unspecified atom stereocenters. The van der Waals surface area contributed by atoms with Gasteiger partial charge in [-0.05, 0) is 42.8 Å². The predicted octanol–water partition coefficient (Wildman–Crippen LogP) is 5.12. The van der Waals surface area contributed by atoms with Crippen LogP contribution in [0.3, 0.4) is 0 Å². The van der Waals surface area contributed by atoms with Gasteiger partial charge in [0.25, 0.3) is 5.91 Å². The van der Waals surface area contributed by atoms with Crippen LogP contribution in [0.25, 0.3) is 0 Å². The van der Waals surface area contributed by atoms with Gasteiger partial charge in [0.05, 0.1) is 31.0 Å². The van der Waals surface area contributed by atoms with Gasteiger partial charge in [0, 0.05) is 10.0 Å². The van der Waals surface area contributed by atoms with Crippen LogP contribution in [0, 0.1) is 6.92 Å². The topological polar surface area (TPSA) is 71.4 Å². The average molecular weight is 534 g/mol. The smallest absolute Gasteiger partial charge is 0.416 e. The Labute approximate surface area is 212 Å². The van der Waals surface area contributed by atoms with Gasteiger partial charge >= 0.3 is 6.09 Å². The van der Waals surface area contributed by atoms with E-state index < -0.39 is 18.1 Å². The zero-order valence-electron chi connectivity index (χ0n) is 19.3. The monoisotopic (exact) mass is 533 g/mol. The van der Waals surface area contributed by atoms with Crippen molar-refractivity contribution < 1.29 is 19.1 Å². The fourth-order valence-corrected chi connectivity index (χ4v) is 4.89. The van der Waals surface area contributed by atoms with Crippen molar-refractivity contribution in [1.29, 1.82) is 0 Å². The van der Waals surface area contributed by atoms with Crippen LogP contribution >= 0.6 is 15.9 Å². The van der Waals surface area contributed by atoms with Gasteiger partial charge < -0.3 is 9.47 Å². The minimum atomic E-state index is -0.811. The van der Waals surface area contributed by atoms with Crippen LogP contribution in [-0.4, -0.2) is 48.9 Å². The summed E-state index contributed by atoms with van der Waals surface area (Å²) >= 11 is 3.48. The fourth-order valence-electron chi connectivity index (χ4n) is 4.63. The first-order chi connectivity index (χ1) is 17.0. The van der Waals surface area contributed by atoms with E-state index in [0.717, 1.165) is 32.6 Å². The highest BCUT2D eigenvalue weighted by molar-refractivity contribution is 9.10. The summed E-state index contributed by atoms with van der Waals surface area (Å²) in [6.07, 6.45) is -0.631. The minimum Gasteiger partial charge on any atom is -0.496 e. The predicted molar refractivity (Wildman–Crippen MR) is 137 cm³/mol. The number of hydrazone groups is 1. The number of aryl methyl sites for hydroxylation is 1. The number of anilines is 1. The molecule has 178 valence electrons. The molecule has 2 aliphatic heterocycles. The first-order valence-electron chi connectivity index (χ1n) is 11.3. The Balaban J connectivity index is 1.72. The molecule has 0 radical (unpaired) electrons. The molecule has 0 saturated carbocycles. The number of rotatable bonds is 5. The van der Waals surface area contributed by atoms with Crippen molar-refractivity contribution in [2.45, 2.75) is 18.9 Å². The summed E-state index contributed by atoms with van der Waals surface area (Å²) in [5.74, 6) is -0.201. The van der Waals surface area contributed by atoms with Crippen LogP contribution in [0.1, 0.15) is 22.6 Å². The van der Waals surface area contributed by atoms with Gasteiger partial charge in [-0.2, -0.15) is 5.10 Å². The number of ether oxygens (including phenoxy) is 2. The highest BCUT2D eigenvalue weighted by Gasteiger charge is 2.48. The Hall–Kier alpha value is -3.65. The van der Waals surface area contributed by atoms with Crippen LogP contribution in [0.5, 0.6) is 5.75 Å². The SMILES string of the molecule is COc1ccccc1[C@@H]1C(c2cccc(C)c2)=NN(c2ccc(Br)cc2)[C@H]1C(=O)N1CCOC1=O. The Bertz CT molecular complexity index is 1310. The molecule has 2 atom stereocenters. The van der Waals surface area contributed by atoms with E-state index in [2.05, 4.69) is 22.0 Å². The van der Waals surface area contributed by atoms with Crippen LogP contribution in [-0.2, 0) is 9.53 Å². The molecule has 3 aromatic carbocycles. The molecule has 3 aromatic rings. The van der Waals surface area contributed by atoms with Gasteiger partial charge in [0.1, 0.15) is 18.4 Å². The van der Waals surface area contributed by atoms with E-state index in [1.807, 2.05) is 73.7 Å². The van der Waals surface area contributed by atoms with E-state index in [-0.39, 0.29) is 19.1 Å². The number of amides is 2. The highest BCUT2D eigenvalue weighted by Crippen LogP contribution is 2.42. The molecule has 0 N–H and O–H groups in total. The van der Waals surface area contributed by atoms with E-state index in [9.17, 15) is 9.59 Å². The van der Waals surface area contributed by atoms with E-state index in [4.69, 9.17) is 14.6 Å². The number of benzene rings is 3. The Morgan fingerprint density at radius 1 is 1.09 bits per heavy atom.